The van der Waals surface area contributed by atoms with Gasteiger partial charge in [0, 0.05) is 5.56 Å². The largest absolute Gasteiger partial charge is 0.495 e. The van der Waals surface area contributed by atoms with Gasteiger partial charge in [0.1, 0.15) is 16.0 Å². The maximum atomic E-state index is 5.88. The summed E-state index contributed by atoms with van der Waals surface area (Å²) in [6, 6.07) is 4.00. The van der Waals surface area contributed by atoms with E-state index in [0.29, 0.717) is 5.92 Å². The molecule has 1 aromatic carbocycles. The van der Waals surface area contributed by atoms with Crippen molar-refractivity contribution >= 4 is 15.9 Å². The molecule has 118 valence electrons. The number of rotatable bonds is 5. The molecule has 2 rings (SSSR count). The number of halogens is 1. The molecule has 0 heterocycles. The molecule has 1 saturated carbocycles. The van der Waals surface area contributed by atoms with E-state index in [2.05, 4.69) is 49.1 Å². The van der Waals surface area contributed by atoms with Crippen LogP contribution in [0.1, 0.15) is 39.3 Å². The van der Waals surface area contributed by atoms with Crippen molar-refractivity contribution in [3.8, 4) is 11.5 Å². The fraction of sp³-hybridized carbons (Fsp3) is 0.625. The third-order valence-corrected chi connectivity index (χ3v) is 6.25. The number of nitrogens with one attached hydrogen (secondary N) is 1. The fourth-order valence-corrected chi connectivity index (χ4v) is 4.29. The molecule has 1 atom stereocenters. The van der Waals surface area contributed by atoms with Gasteiger partial charge in [-0.1, -0.05) is 27.7 Å². The van der Waals surface area contributed by atoms with Gasteiger partial charge in [0.2, 0.25) is 0 Å². The topological polar surface area (TPSA) is 56.5 Å². The Morgan fingerprint density at radius 2 is 1.71 bits per heavy atom. The van der Waals surface area contributed by atoms with Crippen molar-refractivity contribution in [2.24, 2.45) is 22.6 Å². The van der Waals surface area contributed by atoms with E-state index in [1.165, 1.54) is 0 Å². The number of ether oxygens (including phenoxy) is 2. The molecule has 0 spiro atoms. The zero-order chi connectivity index (χ0) is 16.0. The summed E-state index contributed by atoms with van der Waals surface area (Å²) in [5.74, 6) is 7.84. The van der Waals surface area contributed by atoms with E-state index in [4.69, 9.17) is 15.3 Å². The number of nitrogens with two attached hydrogens (primary N) is 1. The summed E-state index contributed by atoms with van der Waals surface area (Å²) in [5, 5.41) is 0. The highest BCUT2D eigenvalue weighted by Gasteiger charge is 2.67. The predicted molar refractivity (Wildman–Crippen MR) is 88.4 cm³/mol. The second kappa shape index (κ2) is 5.45. The first-order valence-electron chi connectivity index (χ1n) is 7.10. The van der Waals surface area contributed by atoms with E-state index in [1.54, 1.807) is 14.2 Å². The summed E-state index contributed by atoms with van der Waals surface area (Å²) in [6.45, 7) is 9.14. The zero-order valence-electron chi connectivity index (χ0n) is 13.6. The minimum absolute atomic E-state index is 0.0344. The summed E-state index contributed by atoms with van der Waals surface area (Å²) in [7, 11) is 3.31. The first kappa shape index (κ1) is 16.6. The Labute approximate surface area is 135 Å². The molecular weight excluding hydrogens is 332 g/mol. The van der Waals surface area contributed by atoms with Gasteiger partial charge in [-0.15, -0.1) is 0 Å². The third-order valence-electron chi connectivity index (χ3n) is 5.50. The van der Waals surface area contributed by atoms with Crippen molar-refractivity contribution in [2.75, 3.05) is 14.2 Å². The number of hydrazine groups is 1. The Hall–Kier alpha value is -0.780. The van der Waals surface area contributed by atoms with Gasteiger partial charge in [0.25, 0.3) is 0 Å². The number of benzene rings is 1. The molecular formula is C16H25BrN2O2. The highest BCUT2D eigenvalue weighted by Crippen LogP contribution is 2.72. The average Bonchev–Trinajstić information content (AvgIpc) is 2.83. The molecule has 1 unspecified atom stereocenters. The van der Waals surface area contributed by atoms with Crippen molar-refractivity contribution in [3.05, 3.63) is 22.2 Å². The minimum atomic E-state index is 0.0344. The quantitative estimate of drug-likeness (QED) is 0.624. The van der Waals surface area contributed by atoms with Gasteiger partial charge >= 0.3 is 0 Å². The van der Waals surface area contributed by atoms with Crippen LogP contribution in [0.25, 0.3) is 0 Å². The van der Waals surface area contributed by atoms with Gasteiger partial charge in [-0.25, -0.2) is 0 Å². The zero-order valence-corrected chi connectivity index (χ0v) is 15.2. The Morgan fingerprint density at radius 3 is 2.10 bits per heavy atom. The summed E-state index contributed by atoms with van der Waals surface area (Å²) in [4.78, 5) is 0. The van der Waals surface area contributed by atoms with E-state index in [1.807, 2.05) is 12.1 Å². The van der Waals surface area contributed by atoms with Crippen LogP contribution in [0.2, 0.25) is 0 Å². The molecule has 3 N–H and O–H groups in total. The van der Waals surface area contributed by atoms with Crippen LogP contribution in [0.3, 0.4) is 0 Å². The van der Waals surface area contributed by atoms with E-state index >= 15 is 0 Å². The van der Waals surface area contributed by atoms with Crippen molar-refractivity contribution < 1.29 is 9.47 Å². The molecule has 21 heavy (non-hydrogen) atoms. The van der Waals surface area contributed by atoms with Crippen LogP contribution in [0.5, 0.6) is 11.5 Å². The van der Waals surface area contributed by atoms with Crippen LogP contribution in [-0.2, 0) is 0 Å². The highest BCUT2D eigenvalue weighted by molar-refractivity contribution is 9.10. The molecule has 1 aliphatic rings. The van der Waals surface area contributed by atoms with E-state index in [0.717, 1.165) is 21.5 Å². The molecule has 0 aromatic heterocycles. The summed E-state index contributed by atoms with van der Waals surface area (Å²) >= 11 is 3.56. The third kappa shape index (κ3) is 2.35. The standard InChI is InChI=1S/C16H25BrN2O2/c1-15(2)14(16(15,3)4)12(19-18)9-7-8-10(20-5)11(17)13(9)21-6/h7-8,12,14,19H,18H2,1-6H3. The minimum Gasteiger partial charge on any atom is -0.495 e. The van der Waals surface area contributed by atoms with Crippen LogP contribution in [0.4, 0.5) is 0 Å². The maximum Gasteiger partial charge on any atom is 0.141 e. The highest BCUT2D eigenvalue weighted by atomic mass is 79.9. The molecule has 0 aliphatic heterocycles. The van der Waals surface area contributed by atoms with Gasteiger partial charge in [-0.2, -0.15) is 0 Å². The lowest BCUT2D eigenvalue weighted by Gasteiger charge is -2.23. The second-order valence-corrected chi connectivity index (χ2v) is 7.56. The lowest BCUT2D eigenvalue weighted by molar-refractivity contribution is 0.362. The van der Waals surface area contributed by atoms with Gasteiger partial charge in [-0.05, 0) is 44.8 Å². The lowest BCUT2D eigenvalue weighted by atomic mass is 9.96. The average molecular weight is 357 g/mol. The summed E-state index contributed by atoms with van der Waals surface area (Å²) < 4.78 is 11.7. The van der Waals surface area contributed by atoms with Crippen LogP contribution < -0.4 is 20.7 Å². The van der Waals surface area contributed by atoms with Gasteiger partial charge < -0.3 is 9.47 Å². The van der Waals surface area contributed by atoms with Crippen molar-refractivity contribution in [2.45, 2.75) is 33.7 Å². The molecule has 0 amide bonds. The molecule has 0 saturated heterocycles. The molecule has 4 nitrogen and oxygen atoms in total. The molecule has 5 heteroatoms. The van der Waals surface area contributed by atoms with Crippen LogP contribution in [0, 0.1) is 16.7 Å². The van der Waals surface area contributed by atoms with Crippen LogP contribution in [-0.4, -0.2) is 14.2 Å². The first-order chi connectivity index (χ1) is 9.73. The number of hydrogen-bond donors (Lipinski definition) is 2. The van der Waals surface area contributed by atoms with Crippen molar-refractivity contribution in [3.63, 3.8) is 0 Å². The molecule has 1 aliphatic carbocycles. The number of hydrogen-bond acceptors (Lipinski definition) is 4. The van der Waals surface area contributed by atoms with E-state index in [9.17, 15) is 0 Å². The maximum absolute atomic E-state index is 5.88. The number of methoxy groups -OCH3 is 2. The van der Waals surface area contributed by atoms with Crippen molar-refractivity contribution in [1.29, 1.82) is 0 Å². The Morgan fingerprint density at radius 1 is 1.14 bits per heavy atom. The molecule has 0 radical (unpaired) electrons. The fourth-order valence-electron chi connectivity index (χ4n) is 3.61. The Balaban J connectivity index is 2.48. The van der Waals surface area contributed by atoms with E-state index < -0.39 is 0 Å². The van der Waals surface area contributed by atoms with Crippen molar-refractivity contribution in [1.82, 2.24) is 5.43 Å². The molecule has 1 aromatic rings. The van der Waals surface area contributed by atoms with Crippen LogP contribution in [0.15, 0.2) is 16.6 Å². The SMILES string of the molecule is COc1ccc(C(NN)C2C(C)(C)C2(C)C)c(OC)c1Br. The predicted octanol–water partition coefficient (Wildman–Crippen LogP) is 3.65. The monoisotopic (exact) mass is 356 g/mol. The van der Waals surface area contributed by atoms with Crippen LogP contribution >= 0.6 is 15.9 Å². The van der Waals surface area contributed by atoms with Gasteiger partial charge in [-0.3, -0.25) is 11.3 Å². The summed E-state index contributed by atoms with van der Waals surface area (Å²) in [5.41, 5.74) is 4.49. The lowest BCUT2D eigenvalue weighted by Crippen LogP contribution is -2.31. The Bertz CT molecular complexity index is 529. The van der Waals surface area contributed by atoms with Gasteiger partial charge in [0.05, 0.1) is 20.3 Å². The molecule has 0 bridgehead atoms. The normalized spacial score (nSPS) is 21.0. The second-order valence-electron chi connectivity index (χ2n) is 6.77. The van der Waals surface area contributed by atoms with E-state index in [-0.39, 0.29) is 16.9 Å². The molecule has 1 fully saturated rings. The smallest absolute Gasteiger partial charge is 0.141 e. The first-order valence-corrected chi connectivity index (χ1v) is 7.89. The van der Waals surface area contributed by atoms with Gasteiger partial charge in [0.15, 0.2) is 0 Å². The Kier molecular flexibility index (Phi) is 4.30. The summed E-state index contributed by atoms with van der Waals surface area (Å²) in [6.07, 6.45) is 0.